The number of hydrogen-bond acceptors (Lipinski definition) is 3. The van der Waals surface area contributed by atoms with Gasteiger partial charge in [0.05, 0.1) is 12.3 Å². The maximum atomic E-state index is 11.8. The molecule has 19 heavy (non-hydrogen) atoms. The van der Waals surface area contributed by atoms with Crippen molar-refractivity contribution in [3.63, 3.8) is 0 Å². The van der Waals surface area contributed by atoms with E-state index in [1.807, 2.05) is 43.3 Å². The molecule has 1 aromatic carbocycles. The molecule has 0 spiro atoms. The highest BCUT2D eigenvalue weighted by Crippen LogP contribution is 2.14. The van der Waals surface area contributed by atoms with E-state index < -0.39 is 6.09 Å². The molecule has 4 heteroatoms. The number of benzene rings is 1. The van der Waals surface area contributed by atoms with E-state index in [0.29, 0.717) is 6.61 Å². The van der Waals surface area contributed by atoms with Crippen LogP contribution in [0.5, 0.6) is 0 Å². The summed E-state index contributed by atoms with van der Waals surface area (Å²) in [7, 11) is 0. The number of ether oxygens (including phenoxy) is 1. The standard InChI is InChI=1S/C15H16N2O2/c1-3-19-15(18)17-10-9-16-14(11-12(17)2)13-7-5-4-6-8-13/h4-11H,3H2,1-2H3. The lowest BCUT2D eigenvalue weighted by Crippen LogP contribution is -2.24. The molecule has 0 fully saturated rings. The molecule has 1 amide bonds. The lowest BCUT2D eigenvalue weighted by atomic mass is 10.1. The van der Waals surface area contributed by atoms with Crippen LogP contribution in [0.3, 0.4) is 0 Å². The summed E-state index contributed by atoms with van der Waals surface area (Å²) in [6.45, 7) is 3.98. The van der Waals surface area contributed by atoms with Crippen LogP contribution in [0.2, 0.25) is 0 Å². The fourth-order valence-electron chi connectivity index (χ4n) is 1.77. The first-order valence-corrected chi connectivity index (χ1v) is 6.16. The Morgan fingerprint density at radius 3 is 2.74 bits per heavy atom. The third-order valence-corrected chi connectivity index (χ3v) is 2.69. The van der Waals surface area contributed by atoms with Crippen molar-refractivity contribution in [1.82, 2.24) is 4.90 Å². The lowest BCUT2D eigenvalue weighted by molar-refractivity contribution is 0.130. The molecule has 1 aliphatic heterocycles. The van der Waals surface area contributed by atoms with E-state index in [4.69, 9.17) is 4.74 Å². The second kappa shape index (κ2) is 6.00. The van der Waals surface area contributed by atoms with Crippen LogP contribution in [0.25, 0.3) is 0 Å². The Balaban J connectivity index is 2.26. The minimum atomic E-state index is -0.392. The van der Waals surface area contributed by atoms with Crippen LogP contribution in [-0.4, -0.2) is 23.3 Å². The zero-order chi connectivity index (χ0) is 13.7. The van der Waals surface area contributed by atoms with Crippen molar-refractivity contribution in [3.8, 4) is 0 Å². The van der Waals surface area contributed by atoms with Gasteiger partial charge in [0.15, 0.2) is 0 Å². The Morgan fingerprint density at radius 1 is 1.32 bits per heavy atom. The first-order valence-electron chi connectivity index (χ1n) is 6.16. The number of carbonyl (C=O) groups excluding carboxylic acids is 1. The summed E-state index contributed by atoms with van der Waals surface area (Å²) >= 11 is 0. The van der Waals surface area contributed by atoms with E-state index in [1.165, 1.54) is 4.90 Å². The van der Waals surface area contributed by atoms with E-state index >= 15 is 0 Å². The number of rotatable bonds is 2. The smallest absolute Gasteiger partial charge is 0.418 e. The summed E-state index contributed by atoms with van der Waals surface area (Å²) in [5.74, 6) is 0. The summed E-state index contributed by atoms with van der Waals surface area (Å²) in [4.78, 5) is 17.6. The number of hydrogen-bond donors (Lipinski definition) is 0. The Bertz CT molecular complexity index is 545. The average molecular weight is 256 g/mol. The van der Waals surface area contributed by atoms with Crippen molar-refractivity contribution in [3.05, 3.63) is 60.1 Å². The largest absolute Gasteiger partial charge is 0.449 e. The van der Waals surface area contributed by atoms with Crippen LogP contribution >= 0.6 is 0 Å². The highest BCUT2D eigenvalue weighted by Gasteiger charge is 2.16. The predicted octanol–water partition coefficient (Wildman–Crippen LogP) is 3.32. The van der Waals surface area contributed by atoms with E-state index in [1.54, 1.807) is 19.3 Å². The molecule has 4 nitrogen and oxygen atoms in total. The average Bonchev–Trinajstić information content (AvgIpc) is 2.62. The normalized spacial score (nSPS) is 14.5. The minimum absolute atomic E-state index is 0.350. The Hall–Kier alpha value is -2.36. The summed E-state index contributed by atoms with van der Waals surface area (Å²) in [6, 6.07) is 9.84. The van der Waals surface area contributed by atoms with Crippen molar-refractivity contribution in [2.24, 2.45) is 4.99 Å². The Labute approximate surface area is 112 Å². The van der Waals surface area contributed by atoms with Crippen LogP contribution in [0, 0.1) is 0 Å². The van der Waals surface area contributed by atoms with Crippen LogP contribution in [-0.2, 0) is 4.74 Å². The monoisotopic (exact) mass is 256 g/mol. The predicted molar refractivity (Wildman–Crippen MR) is 74.7 cm³/mol. The Morgan fingerprint density at radius 2 is 2.05 bits per heavy atom. The first-order chi connectivity index (χ1) is 9.22. The van der Waals surface area contributed by atoms with E-state index in [9.17, 15) is 4.79 Å². The topological polar surface area (TPSA) is 41.9 Å². The molecule has 0 atom stereocenters. The van der Waals surface area contributed by atoms with Crippen LogP contribution in [0.1, 0.15) is 19.4 Å². The molecule has 0 unspecified atom stereocenters. The second-order valence-electron chi connectivity index (χ2n) is 4.03. The minimum Gasteiger partial charge on any atom is -0.449 e. The van der Waals surface area contributed by atoms with Crippen molar-refractivity contribution in [1.29, 1.82) is 0 Å². The van der Waals surface area contributed by atoms with Crippen LogP contribution in [0.15, 0.2) is 59.5 Å². The fraction of sp³-hybridized carbons (Fsp3) is 0.200. The van der Waals surface area contributed by atoms with Gasteiger partial charge in [0.25, 0.3) is 0 Å². The van der Waals surface area contributed by atoms with Gasteiger partial charge in [-0.05, 0) is 19.9 Å². The van der Waals surface area contributed by atoms with Crippen molar-refractivity contribution in [2.75, 3.05) is 6.61 Å². The number of aliphatic imine (C=N–C) groups is 1. The van der Waals surface area contributed by atoms with Crippen molar-refractivity contribution in [2.45, 2.75) is 13.8 Å². The van der Waals surface area contributed by atoms with Crippen molar-refractivity contribution < 1.29 is 9.53 Å². The number of amides is 1. The van der Waals surface area contributed by atoms with Gasteiger partial charge in [-0.3, -0.25) is 9.89 Å². The van der Waals surface area contributed by atoms with Gasteiger partial charge in [-0.15, -0.1) is 0 Å². The summed E-state index contributed by atoms with van der Waals surface area (Å²) in [5.41, 5.74) is 2.60. The quantitative estimate of drug-likeness (QED) is 0.814. The van der Waals surface area contributed by atoms with Crippen molar-refractivity contribution >= 4 is 11.8 Å². The third kappa shape index (κ3) is 3.10. The van der Waals surface area contributed by atoms with Gasteiger partial charge in [-0.25, -0.2) is 4.79 Å². The molecular formula is C15H16N2O2. The number of allylic oxidation sites excluding steroid dienone is 2. The second-order valence-corrected chi connectivity index (χ2v) is 4.03. The molecule has 98 valence electrons. The molecule has 0 N–H and O–H groups in total. The summed E-state index contributed by atoms with van der Waals surface area (Å²) < 4.78 is 4.99. The SMILES string of the molecule is CCOC(=O)N1C=CN=C(c2ccccc2)C=C1C. The van der Waals surface area contributed by atoms with Gasteiger partial charge < -0.3 is 4.74 Å². The maximum Gasteiger partial charge on any atom is 0.418 e. The van der Waals surface area contributed by atoms with E-state index in [2.05, 4.69) is 4.99 Å². The lowest BCUT2D eigenvalue weighted by Gasteiger charge is -2.16. The van der Waals surface area contributed by atoms with Gasteiger partial charge in [-0.1, -0.05) is 30.3 Å². The van der Waals surface area contributed by atoms with Gasteiger partial charge >= 0.3 is 6.09 Å². The number of nitrogens with zero attached hydrogens (tertiary/aromatic N) is 2. The molecule has 0 saturated carbocycles. The fourth-order valence-corrected chi connectivity index (χ4v) is 1.77. The molecule has 0 saturated heterocycles. The molecule has 0 bridgehead atoms. The third-order valence-electron chi connectivity index (χ3n) is 2.69. The van der Waals surface area contributed by atoms with Gasteiger partial charge in [0.2, 0.25) is 0 Å². The van der Waals surface area contributed by atoms with Gasteiger partial charge in [0, 0.05) is 23.7 Å². The maximum absolute atomic E-state index is 11.8. The molecule has 0 radical (unpaired) electrons. The highest BCUT2D eigenvalue weighted by molar-refractivity contribution is 6.09. The highest BCUT2D eigenvalue weighted by atomic mass is 16.6. The molecule has 1 heterocycles. The van der Waals surface area contributed by atoms with Gasteiger partial charge in [-0.2, -0.15) is 0 Å². The van der Waals surface area contributed by atoms with Gasteiger partial charge in [0.1, 0.15) is 0 Å². The van der Waals surface area contributed by atoms with E-state index in [-0.39, 0.29) is 0 Å². The summed E-state index contributed by atoms with van der Waals surface area (Å²) in [6.07, 6.45) is 4.69. The number of carbonyl (C=O) groups is 1. The molecule has 0 aromatic heterocycles. The first kappa shape index (κ1) is 13.1. The zero-order valence-corrected chi connectivity index (χ0v) is 11.0. The zero-order valence-electron chi connectivity index (χ0n) is 11.0. The molecule has 2 rings (SSSR count). The molecule has 1 aliphatic rings. The van der Waals surface area contributed by atoms with E-state index in [0.717, 1.165) is 17.0 Å². The molecular weight excluding hydrogens is 240 g/mol. The molecule has 1 aromatic rings. The van der Waals surface area contributed by atoms with Crippen LogP contribution < -0.4 is 0 Å². The molecule has 0 aliphatic carbocycles. The summed E-state index contributed by atoms with van der Waals surface area (Å²) in [5, 5.41) is 0. The van der Waals surface area contributed by atoms with Crippen LogP contribution in [0.4, 0.5) is 4.79 Å². The Kier molecular flexibility index (Phi) is 4.13.